The minimum Gasteiger partial charge on any atom is -0.491 e. The summed E-state index contributed by atoms with van der Waals surface area (Å²) in [7, 11) is 0. The van der Waals surface area contributed by atoms with Crippen LogP contribution in [-0.4, -0.2) is 60.6 Å². The van der Waals surface area contributed by atoms with Gasteiger partial charge in [-0.05, 0) is 60.5 Å². The highest BCUT2D eigenvalue weighted by Gasteiger charge is 2.34. The van der Waals surface area contributed by atoms with Crippen molar-refractivity contribution in [1.82, 2.24) is 9.80 Å². The summed E-state index contributed by atoms with van der Waals surface area (Å²) in [6.45, 7) is 4.07. The summed E-state index contributed by atoms with van der Waals surface area (Å²) in [5, 5.41) is 2.72. The number of amides is 2. The van der Waals surface area contributed by atoms with Crippen LogP contribution in [0, 0.1) is 0 Å². The average molecular weight is 477 g/mol. The molecule has 0 spiro atoms. The van der Waals surface area contributed by atoms with Crippen molar-refractivity contribution in [2.24, 2.45) is 0 Å². The minimum atomic E-state index is -0.186. The molecule has 0 N–H and O–H groups in total. The highest BCUT2D eigenvalue weighted by Crippen LogP contribution is 2.34. The molecule has 2 aliphatic rings. The summed E-state index contributed by atoms with van der Waals surface area (Å²) in [6.07, 6.45) is 3.15. The molecule has 1 fully saturated rings. The molecule has 0 unspecified atom stereocenters. The van der Waals surface area contributed by atoms with Gasteiger partial charge in [0.2, 0.25) is 11.8 Å². The van der Waals surface area contributed by atoms with E-state index in [1.165, 1.54) is 4.88 Å². The van der Waals surface area contributed by atoms with Crippen molar-refractivity contribution in [3.05, 3.63) is 51.2 Å². The fraction of sp³-hybridized carbons (Fsp3) is 0.500. The molecule has 1 aromatic carbocycles. The van der Waals surface area contributed by atoms with Crippen LogP contribution >= 0.6 is 22.9 Å². The Morgan fingerprint density at radius 1 is 1.28 bits per heavy atom. The van der Waals surface area contributed by atoms with Crippen molar-refractivity contribution in [2.75, 3.05) is 32.8 Å². The number of ether oxygens (including phenoxy) is 2. The van der Waals surface area contributed by atoms with Crippen molar-refractivity contribution < 1.29 is 19.1 Å². The van der Waals surface area contributed by atoms with Crippen LogP contribution < -0.4 is 4.74 Å². The molecule has 6 nitrogen and oxygen atoms in total. The Morgan fingerprint density at radius 3 is 2.81 bits per heavy atom. The van der Waals surface area contributed by atoms with Crippen molar-refractivity contribution in [1.29, 1.82) is 0 Å². The SMILES string of the molecule is CCC(=O)N(CC(=O)N1CCc2sccc2[C@@H]1COc1ccc(Cl)cc1)C[C@@H]1CCCO1. The third-order valence-electron chi connectivity index (χ3n) is 6.07. The number of carbonyl (C=O) groups is 2. The summed E-state index contributed by atoms with van der Waals surface area (Å²) in [6, 6.07) is 9.13. The Kier molecular flexibility index (Phi) is 7.71. The molecular formula is C24H29ClN2O4S. The Labute approximate surface area is 198 Å². The molecule has 172 valence electrons. The van der Waals surface area contributed by atoms with E-state index >= 15 is 0 Å². The molecule has 1 saturated heterocycles. The third-order valence-corrected chi connectivity index (χ3v) is 7.31. The highest BCUT2D eigenvalue weighted by molar-refractivity contribution is 7.10. The number of rotatable bonds is 8. The molecule has 32 heavy (non-hydrogen) atoms. The maximum atomic E-state index is 13.4. The quantitative estimate of drug-likeness (QED) is 0.569. The first-order chi connectivity index (χ1) is 15.5. The Hall–Kier alpha value is -2.09. The van der Waals surface area contributed by atoms with Gasteiger partial charge in [-0.2, -0.15) is 0 Å². The van der Waals surface area contributed by atoms with Gasteiger partial charge in [0.15, 0.2) is 0 Å². The fourth-order valence-corrected chi connectivity index (χ4v) is 5.40. The molecule has 0 aliphatic carbocycles. The van der Waals surface area contributed by atoms with Crippen molar-refractivity contribution in [3.8, 4) is 5.75 Å². The van der Waals surface area contributed by atoms with Gasteiger partial charge >= 0.3 is 0 Å². The monoisotopic (exact) mass is 476 g/mol. The van der Waals surface area contributed by atoms with Crippen LogP contribution in [0.2, 0.25) is 5.02 Å². The Balaban J connectivity index is 1.47. The van der Waals surface area contributed by atoms with E-state index in [0.29, 0.717) is 36.9 Å². The van der Waals surface area contributed by atoms with E-state index < -0.39 is 0 Å². The second-order valence-corrected chi connectivity index (χ2v) is 9.62. The second-order valence-electron chi connectivity index (χ2n) is 8.18. The van der Waals surface area contributed by atoms with Gasteiger partial charge in [0.1, 0.15) is 12.4 Å². The zero-order chi connectivity index (χ0) is 22.5. The fourth-order valence-electron chi connectivity index (χ4n) is 4.35. The van der Waals surface area contributed by atoms with Crippen LogP contribution in [0.3, 0.4) is 0 Å². The van der Waals surface area contributed by atoms with Crippen LogP contribution in [0.5, 0.6) is 5.75 Å². The lowest BCUT2D eigenvalue weighted by molar-refractivity contribution is -0.143. The van der Waals surface area contributed by atoms with E-state index in [9.17, 15) is 9.59 Å². The molecule has 0 saturated carbocycles. The van der Waals surface area contributed by atoms with Crippen molar-refractivity contribution in [3.63, 3.8) is 0 Å². The van der Waals surface area contributed by atoms with E-state index in [1.807, 2.05) is 24.0 Å². The largest absolute Gasteiger partial charge is 0.491 e. The molecule has 2 aliphatic heterocycles. The summed E-state index contributed by atoms with van der Waals surface area (Å²) < 4.78 is 11.8. The van der Waals surface area contributed by atoms with E-state index in [1.54, 1.807) is 28.4 Å². The minimum absolute atomic E-state index is 0.0175. The summed E-state index contributed by atoms with van der Waals surface area (Å²) >= 11 is 7.69. The number of benzene rings is 1. The van der Waals surface area contributed by atoms with Crippen LogP contribution in [0.15, 0.2) is 35.7 Å². The molecule has 0 radical (unpaired) electrons. The molecule has 0 bridgehead atoms. The third kappa shape index (κ3) is 5.45. The smallest absolute Gasteiger partial charge is 0.242 e. The summed E-state index contributed by atoms with van der Waals surface area (Å²) in [5.41, 5.74) is 1.14. The maximum absolute atomic E-state index is 13.4. The lowest BCUT2D eigenvalue weighted by Gasteiger charge is -2.37. The zero-order valence-electron chi connectivity index (χ0n) is 18.3. The first-order valence-electron chi connectivity index (χ1n) is 11.2. The van der Waals surface area contributed by atoms with Crippen molar-refractivity contribution >= 4 is 34.8 Å². The van der Waals surface area contributed by atoms with Gasteiger partial charge in [-0.15, -0.1) is 11.3 Å². The number of thiophene rings is 1. The number of halogens is 1. The molecule has 8 heteroatoms. The Bertz CT molecular complexity index is 926. The predicted molar refractivity (Wildman–Crippen MR) is 125 cm³/mol. The summed E-state index contributed by atoms with van der Waals surface area (Å²) in [5.74, 6) is 0.646. The molecule has 3 heterocycles. The number of carbonyl (C=O) groups excluding carboxylic acids is 2. The van der Waals surface area contributed by atoms with E-state index in [-0.39, 0.29) is 30.5 Å². The topological polar surface area (TPSA) is 59.1 Å². The predicted octanol–water partition coefficient (Wildman–Crippen LogP) is 4.32. The summed E-state index contributed by atoms with van der Waals surface area (Å²) in [4.78, 5) is 30.8. The number of hydrogen-bond donors (Lipinski definition) is 0. The lowest BCUT2D eigenvalue weighted by atomic mass is 10.0. The molecule has 2 aromatic rings. The van der Waals surface area contributed by atoms with Gasteiger partial charge in [0.25, 0.3) is 0 Å². The molecule has 4 rings (SSSR count). The number of hydrogen-bond acceptors (Lipinski definition) is 5. The van der Waals surface area contributed by atoms with E-state index in [4.69, 9.17) is 21.1 Å². The standard InChI is InChI=1S/C24H29ClN2O4S/c1-2-23(28)26(14-19-4-3-12-30-19)15-24(29)27-11-9-22-20(10-13-32-22)21(27)16-31-18-7-5-17(25)6-8-18/h5-8,10,13,19,21H,2-4,9,11-12,14-16H2,1H3/t19-,21-/m0/s1. The average Bonchev–Trinajstić information content (AvgIpc) is 3.49. The normalized spacial score (nSPS) is 20.1. The number of fused-ring (bicyclic) bond motifs is 1. The van der Waals surface area contributed by atoms with Crippen LogP contribution in [0.4, 0.5) is 0 Å². The molecule has 2 amide bonds. The van der Waals surface area contributed by atoms with Gasteiger partial charge in [-0.25, -0.2) is 0 Å². The first-order valence-corrected chi connectivity index (χ1v) is 12.4. The molecule has 1 aromatic heterocycles. The van der Waals surface area contributed by atoms with Gasteiger partial charge in [0.05, 0.1) is 18.7 Å². The van der Waals surface area contributed by atoms with Gasteiger partial charge in [0, 0.05) is 36.0 Å². The first kappa shape index (κ1) is 23.1. The maximum Gasteiger partial charge on any atom is 0.242 e. The van der Waals surface area contributed by atoms with E-state index in [2.05, 4.69) is 11.4 Å². The zero-order valence-corrected chi connectivity index (χ0v) is 19.9. The van der Waals surface area contributed by atoms with Crippen molar-refractivity contribution in [2.45, 2.75) is 44.8 Å². The van der Waals surface area contributed by atoms with Crippen LogP contribution in [0.1, 0.15) is 42.7 Å². The molecule has 2 atom stereocenters. The second kappa shape index (κ2) is 10.7. The van der Waals surface area contributed by atoms with Gasteiger partial charge < -0.3 is 19.3 Å². The van der Waals surface area contributed by atoms with Gasteiger partial charge in [-0.3, -0.25) is 9.59 Å². The van der Waals surface area contributed by atoms with Gasteiger partial charge in [-0.1, -0.05) is 18.5 Å². The lowest BCUT2D eigenvalue weighted by Crippen LogP contribution is -2.49. The highest BCUT2D eigenvalue weighted by atomic mass is 35.5. The van der Waals surface area contributed by atoms with E-state index in [0.717, 1.165) is 31.4 Å². The van der Waals surface area contributed by atoms with Crippen LogP contribution in [-0.2, 0) is 20.7 Å². The van der Waals surface area contributed by atoms with Crippen LogP contribution in [0.25, 0.3) is 0 Å². The number of nitrogens with zero attached hydrogens (tertiary/aromatic N) is 2. The molecular weight excluding hydrogens is 448 g/mol. The Morgan fingerprint density at radius 2 is 2.09 bits per heavy atom.